The molecule has 1 aromatic rings. The number of sulfonamides is 1. The predicted octanol–water partition coefficient (Wildman–Crippen LogP) is 1.82. The Morgan fingerprint density at radius 3 is 2.21 bits per heavy atom. The van der Waals surface area contributed by atoms with Crippen LogP contribution < -0.4 is 10.0 Å². The van der Waals surface area contributed by atoms with Gasteiger partial charge in [-0.05, 0) is 45.0 Å². The van der Waals surface area contributed by atoms with E-state index in [1.165, 1.54) is 0 Å². The van der Waals surface area contributed by atoms with E-state index >= 15 is 0 Å². The highest BCUT2D eigenvalue weighted by Crippen LogP contribution is 2.15. The zero-order chi connectivity index (χ0) is 14.5. The van der Waals surface area contributed by atoms with Crippen molar-refractivity contribution >= 4 is 15.7 Å². The largest absolute Gasteiger partial charge is 0.383 e. The van der Waals surface area contributed by atoms with Gasteiger partial charge in [-0.3, -0.25) is 0 Å². The van der Waals surface area contributed by atoms with E-state index in [4.69, 9.17) is 4.74 Å². The van der Waals surface area contributed by atoms with Crippen LogP contribution in [0.25, 0.3) is 0 Å². The Morgan fingerprint density at radius 1 is 1.16 bits per heavy atom. The average molecular weight is 286 g/mol. The fourth-order valence-corrected chi connectivity index (χ4v) is 2.94. The highest BCUT2D eigenvalue weighted by Gasteiger charge is 2.14. The number of hydrogen-bond donors (Lipinski definition) is 2. The molecule has 0 heterocycles. The molecule has 1 unspecified atom stereocenters. The third-order valence-corrected chi connectivity index (χ3v) is 4.06. The van der Waals surface area contributed by atoms with Gasteiger partial charge >= 0.3 is 0 Å². The first-order chi connectivity index (χ1) is 8.85. The molecule has 6 heteroatoms. The van der Waals surface area contributed by atoms with Gasteiger partial charge in [0.1, 0.15) is 0 Å². The Hall–Kier alpha value is -1.11. The van der Waals surface area contributed by atoms with Crippen LogP contribution >= 0.6 is 0 Å². The van der Waals surface area contributed by atoms with Gasteiger partial charge in [0, 0.05) is 24.9 Å². The molecule has 1 aromatic carbocycles. The topological polar surface area (TPSA) is 67.4 Å². The molecule has 0 radical (unpaired) electrons. The third-order valence-electron chi connectivity index (χ3n) is 2.39. The smallest absolute Gasteiger partial charge is 0.240 e. The summed E-state index contributed by atoms with van der Waals surface area (Å²) >= 11 is 0. The van der Waals surface area contributed by atoms with Crippen LogP contribution in [-0.4, -0.2) is 34.2 Å². The highest BCUT2D eigenvalue weighted by atomic mass is 32.2. The van der Waals surface area contributed by atoms with Crippen molar-refractivity contribution in [2.45, 2.75) is 37.8 Å². The van der Waals surface area contributed by atoms with Crippen LogP contribution in [0.15, 0.2) is 29.2 Å². The number of methoxy groups -OCH3 is 1. The second kappa shape index (κ2) is 6.88. The number of anilines is 1. The SMILES string of the molecule is COCC(C)Nc1ccc(S(=O)(=O)NC(C)C)cc1. The van der Waals surface area contributed by atoms with Gasteiger partial charge in [0.2, 0.25) is 10.0 Å². The van der Waals surface area contributed by atoms with Gasteiger partial charge in [0.25, 0.3) is 0 Å². The summed E-state index contributed by atoms with van der Waals surface area (Å²) < 4.78 is 31.4. The molecule has 0 saturated heterocycles. The molecule has 108 valence electrons. The molecule has 5 nitrogen and oxygen atoms in total. The van der Waals surface area contributed by atoms with Crippen LogP contribution in [0.3, 0.4) is 0 Å². The lowest BCUT2D eigenvalue weighted by atomic mass is 10.3. The second-order valence-electron chi connectivity index (χ2n) is 4.80. The van der Waals surface area contributed by atoms with Crippen molar-refractivity contribution in [1.29, 1.82) is 0 Å². The van der Waals surface area contributed by atoms with E-state index in [9.17, 15) is 8.42 Å². The molecule has 19 heavy (non-hydrogen) atoms. The second-order valence-corrected chi connectivity index (χ2v) is 6.52. The van der Waals surface area contributed by atoms with Gasteiger partial charge in [0.15, 0.2) is 0 Å². The summed E-state index contributed by atoms with van der Waals surface area (Å²) in [5, 5.41) is 3.22. The number of hydrogen-bond acceptors (Lipinski definition) is 4. The van der Waals surface area contributed by atoms with Crippen LogP contribution in [0.5, 0.6) is 0 Å². The van der Waals surface area contributed by atoms with Crippen LogP contribution in [0.4, 0.5) is 5.69 Å². The lowest BCUT2D eigenvalue weighted by Crippen LogP contribution is -2.30. The first kappa shape index (κ1) is 15.9. The van der Waals surface area contributed by atoms with Gasteiger partial charge in [-0.15, -0.1) is 0 Å². The summed E-state index contributed by atoms with van der Waals surface area (Å²) in [5.74, 6) is 0. The summed E-state index contributed by atoms with van der Waals surface area (Å²) in [4.78, 5) is 0.270. The van der Waals surface area contributed by atoms with E-state index in [1.54, 1.807) is 45.2 Å². The van der Waals surface area contributed by atoms with E-state index in [0.717, 1.165) is 5.69 Å². The molecular formula is C13H22N2O3S. The molecule has 0 aliphatic rings. The van der Waals surface area contributed by atoms with E-state index in [1.807, 2.05) is 6.92 Å². The first-order valence-electron chi connectivity index (χ1n) is 6.23. The van der Waals surface area contributed by atoms with Crippen molar-refractivity contribution in [3.05, 3.63) is 24.3 Å². The Labute approximate surface area is 115 Å². The fraction of sp³-hybridized carbons (Fsp3) is 0.538. The molecule has 1 atom stereocenters. The third kappa shape index (κ3) is 5.18. The van der Waals surface area contributed by atoms with Gasteiger partial charge in [-0.2, -0.15) is 0 Å². The van der Waals surface area contributed by atoms with Crippen LogP contribution in [-0.2, 0) is 14.8 Å². The number of rotatable bonds is 7. The van der Waals surface area contributed by atoms with Crippen molar-refractivity contribution in [2.24, 2.45) is 0 Å². The summed E-state index contributed by atoms with van der Waals surface area (Å²) in [6.45, 7) is 6.17. The minimum atomic E-state index is -3.42. The maximum atomic E-state index is 11.9. The molecule has 0 aromatic heterocycles. The Kier molecular flexibility index (Phi) is 5.78. The van der Waals surface area contributed by atoms with E-state index < -0.39 is 10.0 Å². The van der Waals surface area contributed by atoms with Gasteiger partial charge in [-0.25, -0.2) is 13.1 Å². The van der Waals surface area contributed by atoms with E-state index in [0.29, 0.717) is 6.61 Å². The average Bonchev–Trinajstić information content (AvgIpc) is 2.28. The van der Waals surface area contributed by atoms with Gasteiger partial charge in [0.05, 0.1) is 11.5 Å². The standard InChI is InChI=1S/C13H22N2O3S/c1-10(2)15-19(16,17)13-7-5-12(6-8-13)14-11(3)9-18-4/h5-8,10-11,14-15H,9H2,1-4H3. The van der Waals surface area contributed by atoms with E-state index in [2.05, 4.69) is 10.0 Å². The number of nitrogens with one attached hydrogen (secondary N) is 2. The Morgan fingerprint density at radius 2 is 1.74 bits per heavy atom. The maximum absolute atomic E-state index is 11.9. The minimum absolute atomic E-state index is 0.121. The van der Waals surface area contributed by atoms with Crippen molar-refractivity contribution < 1.29 is 13.2 Å². The molecule has 0 aliphatic carbocycles. The van der Waals surface area contributed by atoms with E-state index in [-0.39, 0.29) is 17.0 Å². The van der Waals surface area contributed by atoms with Crippen LogP contribution in [0.2, 0.25) is 0 Å². The Balaban J connectivity index is 2.76. The quantitative estimate of drug-likeness (QED) is 0.802. The monoisotopic (exact) mass is 286 g/mol. The molecule has 0 spiro atoms. The summed E-state index contributed by atoms with van der Waals surface area (Å²) in [7, 11) is -1.77. The molecule has 0 bridgehead atoms. The summed E-state index contributed by atoms with van der Waals surface area (Å²) in [5.41, 5.74) is 0.869. The molecule has 0 aliphatic heterocycles. The fourth-order valence-electron chi connectivity index (χ4n) is 1.68. The molecule has 0 amide bonds. The first-order valence-corrected chi connectivity index (χ1v) is 7.71. The number of ether oxygens (including phenoxy) is 1. The lowest BCUT2D eigenvalue weighted by molar-refractivity contribution is 0.190. The minimum Gasteiger partial charge on any atom is -0.383 e. The van der Waals surface area contributed by atoms with Crippen LogP contribution in [0.1, 0.15) is 20.8 Å². The van der Waals surface area contributed by atoms with Crippen molar-refractivity contribution in [3.8, 4) is 0 Å². The molecule has 0 fully saturated rings. The molecule has 0 saturated carbocycles. The highest BCUT2D eigenvalue weighted by molar-refractivity contribution is 7.89. The predicted molar refractivity (Wildman–Crippen MR) is 76.9 cm³/mol. The van der Waals surface area contributed by atoms with Crippen LogP contribution in [0, 0.1) is 0 Å². The molecule has 2 N–H and O–H groups in total. The summed E-state index contributed by atoms with van der Waals surface area (Å²) in [6.07, 6.45) is 0. The van der Waals surface area contributed by atoms with Crippen molar-refractivity contribution in [2.75, 3.05) is 19.0 Å². The maximum Gasteiger partial charge on any atom is 0.240 e. The molecule has 1 rings (SSSR count). The van der Waals surface area contributed by atoms with Gasteiger partial charge in [-0.1, -0.05) is 0 Å². The van der Waals surface area contributed by atoms with Gasteiger partial charge < -0.3 is 10.1 Å². The zero-order valence-corrected chi connectivity index (χ0v) is 12.6. The van der Waals surface area contributed by atoms with Crippen molar-refractivity contribution in [1.82, 2.24) is 4.72 Å². The summed E-state index contributed by atoms with van der Waals surface area (Å²) in [6, 6.07) is 6.73. The molecular weight excluding hydrogens is 264 g/mol. The lowest BCUT2D eigenvalue weighted by Gasteiger charge is -2.15. The normalized spacial score (nSPS) is 13.5. The number of benzene rings is 1. The zero-order valence-electron chi connectivity index (χ0n) is 11.8. The van der Waals surface area contributed by atoms with Crippen molar-refractivity contribution in [3.63, 3.8) is 0 Å². The Bertz CT molecular complexity index is 483.